The summed E-state index contributed by atoms with van der Waals surface area (Å²) in [6.07, 6.45) is 2.12. The molecule has 1 aliphatic heterocycles. The van der Waals surface area contributed by atoms with Crippen LogP contribution in [0.2, 0.25) is 0 Å². The number of rotatable bonds is 3. The van der Waals surface area contributed by atoms with Crippen molar-refractivity contribution >= 4 is 29.9 Å². The van der Waals surface area contributed by atoms with E-state index in [-0.39, 0.29) is 24.2 Å². The number of amides is 1. The lowest BCUT2D eigenvalue weighted by Crippen LogP contribution is -2.56. The standard InChI is InChI=1S/C10H17ClN2O2.ClH/c11-7-10(14)12-8-5-9(6-8)13-1-3-15-4-2-13;/h8-9H,1-7H2,(H,12,14);1H. The molecule has 16 heavy (non-hydrogen) atoms. The minimum atomic E-state index is -0.0536. The highest BCUT2D eigenvalue weighted by molar-refractivity contribution is 6.27. The Morgan fingerprint density at radius 3 is 2.56 bits per heavy atom. The summed E-state index contributed by atoms with van der Waals surface area (Å²) in [4.78, 5) is 13.5. The van der Waals surface area contributed by atoms with Gasteiger partial charge in [-0.25, -0.2) is 0 Å². The number of carbonyl (C=O) groups is 1. The van der Waals surface area contributed by atoms with E-state index in [1.165, 1.54) is 0 Å². The first-order chi connectivity index (χ1) is 7.29. The van der Waals surface area contributed by atoms with Crippen LogP contribution in [0.3, 0.4) is 0 Å². The van der Waals surface area contributed by atoms with Crippen LogP contribution < -0.4 is 5.32 Å². The predicted octanol–water partition coefficient (Wildman–Crippen LogP) is 0.626. The Hall–Kier alpha value is -0.0300. The summed E-state index contributed by atoms with van der Waals surface area (Å²) in [6.45, 7) is 3.74. The zero-order valence-corrected chi connectivity index (χ0v) is 10.7. The third-order valence-electron chi connectivity index (χ3n) is 3.16. The highest BCUT2D eigenvalue weighted by Gasteiger charge is 2.34. The molecule has 0 unspecified atom stereocenters. The molecule has 1 N–H and O–H groups in total. The molecule has 1 saturated carbocycles. The van der Waals surface area contributed by atoms with Crippen LogP contribution in [0.15, 0.2) is 0 Å². The zero-order chi connectivity index (χ0) is 10.7. The van der Waals surface area contributed by atoms with Gasteiger partial charge in [0.1, 0.15) is 5.88 Å². The van der Waals surface area contributed by atoms with Crippen LogP contribution in [0, 0.1) is 0 Å². The third kappa shape index (κ3) is 3.48. The van der Waals surface area contributed by atoms with Gasteiger partial charge in [-0.2, -0.15) is 0 Å². The minimum Gasteiger partial charge on any atom is -0.379 e. The van der Waals surface area contributed by atoms with Crippen molar-refractivity contribution in [3.63, 3.8) is 0 Å². The Kier molecular flexibility index (Phi) is 5.83. The fraction of sp³-hybridized carbons (Fsp3) is 0.900. The van der Waals surface area contributed by atoms with Crippen molar-refractivity contribution < 1.29 is 9.53 Å². The first kappa shape index (κ1) is 14.0. The summed E-state index contributed by atoms with van der Waals surface area (Å²) in [5.41, 5.74) is 0. The number of alkyl halides is 1. The average Bonchev–Trinajstić information content (AvgIpc) is 2.23. The molecule has 0 radical (unpaired) electrons. The number of nitrogens with zero attached hydrogens (tertiary/aromatic N) is 1. The smallest absolute Gasteiger partial charge is 0.235 e. The predicted molar refractivity (Wildman–Crippen MR) is 65.3 cm³/mol. The molecule has 1 heterocycles. The van der Waals surface area contributed by atoms with Crippen molar-refractivity contribution in [2.45, 2.75) is 24.9 Å². The number of hydrogen-bond acceptors (Lipinski definition) is 3. The fourth-order valence-electron chi connectivity index (χ4n) is 2.21. The maximum atomic E-state index is 11.0. The van der Waals surface area contributed by atoms with Crippen molar-refractivity contribution in [2.75, 3.05) is 32.2 Å². The molecule has 0 spiro atoms. The Labute approximate surface area is 107 Å². The molecule has 2 fully saturated rings. The van der Waals surface area contributed by atoms with Crippen LogP contribution in [-0.4, -0.2) is 55.1 Å². The number of halogens is 2. The minimum absolute atomic E-state index is 0. The monoisotopic (exact) mass is 268 g/mol. The highest BCUT2D eigenvalue weighted by atomic mass is 35.5. The maximum absolute atomic E-state index is 11.0. The van der Waals surface area contributed by atoms with Gasteiger partial charge in [0.15, 0.2) is 0 Å². The molecule has 0 aromatic carbocycles. The Bertz CT molecular complexity index is 229. The largest absolute Gasteiger partial charge is 0.379 e. The maximum Gasteiger partial charge on any atom is 0.235 e. The van der Waals surface area contributed by atoms with E-state index in [1.807, 2.05) is 0 Å². The molecular weight excluding hydrogens is 251 g/mol. The Morgan fingerprint density at radius 2 is 2.00 bits per heavy atom. The molecule has 6 heteroatoms. The van der Waals surface area contributed by atoms with Crippen LogP contribution in [0.4, 0.5) is 0 Å². The average molecular weight is 269 g/mol. The van der Waals surface area contributed by atoms with E-state index in [4.69, 9.17) is 16.3 Å². The van der Waals surface area contributed by atoms with Gasteiger partial charge in [0, 0.05) is 25.2 Å². The number of morpholine rings is 1. The van der Waals surface area contributed by atoms with Gasteiger partial charge in [0.2, 0.25) is 5.91 Å². The first-order valence-corrected chi connectivity index (χ1v) is 6.00. The van der Waals surface area contributed by atoms with E-state index < -0.39 is 0 Å². The molecule has 94 valence electrons. The number of ether oxygens (including phenoxy) is 1. The molecule has 1 amide bonds. The lowest BCUT2D eigenvalue weighted by Gasteiger charge is -2.44. The van der Waals surface area contributed by atoms with Gasteiger partial charge in [0.25, 0.3) is 0 Å². The molecule has 2 rings (SSSR count). The lowest BCUT2D eigenvalue weighted by atomic mass is 9.85. The van der Waals surface area contributed by atoms with Gasteiger partial charge in [-0.05, 0) is 12.8 Å². The molecule has 2 aliphatic rings. The third-order valence-corrected chi connectivity index (χ3v) is 3.40. The van der Waals surface area contributed by atoms with Crippen molar-refractivity contribution in [2.24, 2.45) is 0 Å². The summed E-state index contributed by atoms with van der Waals surface area (Å²) >= 11 is 5.42. The van der Waals surface area contributed by atoms with E-state index in [0.29, 0.717) is 12.1 Å². The molecule has 0 bridgehead atoms. The Balaban J connectivity index is 0.00000128. The summed E-state index contributed by atoms with van der Waals surface area (Å²) in [5, 5.41) is 2.91. The topological polar surface area (TPSA) is 41.6 Å². The molecule has 4 nitrogen and oxygen atoms in total. The fourth-order valence-corrected chi connectivity index (χ4v) is 2.29. The first-order valence-electron chi connectivity index (χ1n) is 5.46. The van der Waals surface area contributed by atoms with E-state index in [0.717, 1.165) is 39.1 Å². The van der Waals surface area contributed by atoms with Gasteiger partial charge in [0.05, 0.1) is 13.2 Å². The van der Waals surface area contributed by atoms with Gasteiger partial charge in [-0.15, -0.1) is 24.0 Å². The summed E-state index contributed by atoms with van der Waals surface area (Å²) in [6, 6.07) is 0.971. The second-order valence-corrected chi connectivity index (χ2v) is 4.44. The van der Waals surface area contributed by atoms with Gasteiger partial charge >= 0.3 is 0 Å². The second kappa shape index (κ2) is 6.64. The van der Waals surface area contributed by atoms with E-state index in [9.17, 15) is 4.79 Å². The summed E-state index contributed by atoms with van der Waals surface area (Å²) in [7, 11) is 0. The normalized spacial score (nSPS) is 30.1. The molecule has 0 aromatic heterocycles. The van der Waals surface area contributed by atoms with Gasteiger partial charge in [-0.1, -0.05) is 0 Å². The van der Waals surface area contributed by atoms with Crippen LogP contribution in [0.1, 0.15) is 12.8 Å². The van der Waals surface area contributed by atoms with E-state index in [1.54, 1.807) is 0 Å². The van der Waals surface area contributed by atoms with Crippen LogP contribution in [-0.2, 0) is 9.53 Å². The van der Waals surface area contributed by atoms with Crippen molar-refractivity contribution in [1.82, 2.24) is 10.2 Å². The number of hydrogen-bond donors (Lipinski definition) is 1. The zero-order valence-electron chi connectivity index (χ0n) is 9.15. The second-order valence-electron chi connectivity index (χ2n) is 4.17. The lowest BCUT2D eigenvalue weighted by molar-refractivity contribution is -0.120. The van der Waals surface area contributed by atoms with Crippen molar-refractivity contribution in [3.8, 4) is 0 Å². The van der Waals surface area contributed by atoms with E-state index >= 15 is 0 Å². The van der Waals surface area contributed by atoms with Gasteiger partial charge in [-0.3, -0.25) is 9.69 Å². The van der Waals surface area contributed by atoms with Crippen LogP contribution in [0.5, 0.6) is 0 Å². The van der Waals surface area contributed by atoms with Crippen LogP contribution in [0.25, 0.3) is 0 Å². The molecule has 0 atom stereocenters. The van der Waals surface area contributed by atoms with E-state index in [2.05, 4.69) is 10.2 Å². The Morgan fingerprint density at radius 1 is 1.38 bits per heavy atom. The highest BCUT2D eigenvalue weighted by Crippen LogP contribution is 2.26. The van der Waals surface area contributed by atoms with Crippen molar-refractivity contribution in [3.05, 3.63) is 0 Å². The van der Waals surface area contributed by atoms with Crippen LogP contribution >= 0.6 is 24.0 Å². The molecule has 0 aromatic rings. The molecule has 1 aliphatic carbocycles. The molecular formula is C10H18Cl2N2O2. The number of nitrogens with one attached hydrogen (secondary N) is 1. The summed E-state index contributed by atoms with van der Waals surface area (Å²) in [5.74, 6) is 0.0146. The van der Waals surface area contributed by atoms with Gasteiger partial charge < -0.3 is 10.1 Å². The quantitative estimate of drug-likeness (QED) is 0.764. The summed E-state index contributed by atoms with van der Waals surface area (Å²) < 4.78 is 5.30. The van der Waals surface area contributed by atoms with Crippen molar-refractivity contribution in [1.29, 1.82) is 0 Å². The molecule has 1 saturated heterocycles. The number of carbonyl (C=O) groups excluding carboxylic acids is 1. The SMILES string of the molecule is Cl.O=C(CCl)NC1CC(N2CCOCC2)C1.